The van der Waals surface area contributed by atoms with Gasteiger partial charge in [-0.1, -0.05) is 111 Å². The maximum absolute atomic E-state index is 2.48. The van der Waals surface area contributed by atoms with E-state index in [1.807, 2.05) is 0 Å². The predicted molar refractivity (Wildman–Crippen MR) is 155 cm³/mol. The summed E-state index contributed by atoms with van der Waals surface area (Å²) >= 11 is 0. The zero-order chi connectivity index (χ0) is 24.5. The van der Waals surface area contributed by atoms with Crippen LogP contribution >= 0.6 is 0 Å². The summed E-state index contributed by atoms with van der Waals surface area (Å²) in [6.07, 6.45) is 1.17. The lowest BCUT2D eigenvalue weighted by atomic mass is 9.97. The summed E-state index contributed by atoms with van der Waals surface area (Å²) in [6.45, 7) is 5.41. The Balaban J connectivity index is 1.51. The average molecular weight is 466 g/mol. The Labute approximate surface area is 213 Å². The van der Waals surface area contributed by atoms with Crippen LogP contribution in [-0.2, 0) is 6.54 Å². The zero-order valence-corrected chi connectivity index (χ0v) is 21.0. The second kappa shape index (κ2) is 9.51. The number of hydrogen-bond acceptors (Lipinski definition) is 0. The Morgan fingerprint density at radius 3 is 1.53 bits per heavy atom. The summed E-state index contributed by atoms with van der Waals surface area (Å²) < 4.78 is 2.48. The van der Waals surface area contributed by atoms with Crippen LogP contribution < -0.4 is 0 Å². The van der Waals surface area contributed by atoms with Gasteiger partial charge < -0.3 is 4.57 Å². The molecule has 0 fully saturated rings. The van der Waals surface area contributed by atoms with Crippen LogP contribution in [0, 0.1) is 0 Å². The van der Waals surface area contributed by atoms with Crippen molar-refractivity contribution >= 4 is 21.8 Å². The highest BCUT2D eigenvalue weighted by atomic mass is 15.0. The van der Waals surface area contributed by atoms with E-state index in [2.05, 4.69) is 140 Å². The van der Waals surface area contributed by atoms with Crippen LogP contribution in [0.25, 0.3) is 44.1 Å². The third kappa shape index (κ3) is 4.12. The first kappa shape index (κ1) is 22.4. The lowest BCUT2D eigenvalue weighted by Crippen LogP contribution is -2.00. The number of rotatable bonds is 6. The zero-order valence-electron chi connectivity index (χ0n) is 21.0. The van der Waals surface area contributed by atoms with Gasteiger partial charge >= 0.3 is 0 Å². The minimum Gasteiger partial charge on any atom is -0.336 e. The van der Waals surface area contributed by atoms with Crippen molar-refractivity contribution in [3.05, 3.63) is 132 Å². The van der Waals surface area contributed by atoms with E-state index in [9.17, 15) is 0 Å². The topological polar surface area (TPSA) is 4.93 Å². The molecule has 0 saturated heterocycles. The average Bonchev–Trinajstić information content (AvgIpc) is 3.26. The number of nitrogens with zero attached hydrogens (tertiary/aromatic N) is 1. The van der Waals surface area contributed by atoms with Crippen molar-refractivity contribution < 1.29 is 0 Å². The third-order valence-corrected chi connectivity index (χ3v) is 7.58. The second-order valence-corrected chi connectivity index (χ2v) is 9.83. The molecule has 0 bridgehead atoms. The second-order valence-electron chi connectivity index (χ2n) is 9.83. The van der Waals surface area contributed by atoms with Crippen molar-refractivity contribution in [2.75, 3.05) is 0 Å². The Morgan fingerprint density at radius 1 is 0.556 bits per heavy atom. The molecule has 6 aromatic rings. The molecular weight excluding hydrogens is 434 g/mol. The van der Waals surface area contributed by atoms with Crippen molar-refractivity contribution in [3.63, 3.8) is 0 Å². The van der Waals surface area contributed by atoms with Crippen LogP contribution in [-0.4, -0.2) is 4.57 Å². The molecule has 0 aliphatic heterocycles. The van der Waals surface area contributed by atoms with Gasteiger partial charge in [-0.15, -0.1) is 0 Å². The number of benzene rings is 5. The highest BCUT2D eigenvalue weighted by Crippen LogP contribution is 2.36. The molecule has 1 unspecified atom stereocenters. The number of hydrogen-bond donors (Lipinski definition) is 0. The standard InChI is InChI=1S/C35H31N/c1-3-25(2)27-16-14-26(15-17-27)24-36-34-20-18-30(28-10-6-4-7-11-28)22-32(34)33-23-31(19-21-35(33)36)29-12-8-5-9-13-29/h4-23,25H,3,24H2,1-2H3. The quantitative estimate of drug-likeness (QED) is 0.231. The molecule has 1 nitrogen and oxygen atoms in total. The molecule has 0 spiro atoms. The molecule has 1 aromatic heterocycles. The SMILES string of the molecule is CCC(C)c1ccc(Cn2c3ccc(-c4ccccc4)cc3c3cc(-c4ccccc4)ccc32)cc1. The molecule has 0 aliphatic carbocycles. The van der Waals surface area contributed by atoms with Crippen molar-refractivity contribution in [2.45, 2.75) is 32.7 Å². The van der Waals surface area contributed by atoms with Gasteiger partial charge in [0.15, 0.2) is 0 Å². The summed E-state index contributed by atoms with van der Waals surface area (Å²) in [5.74, 6) is 0.597. The Hall–Kier alpha value is -4.10. The van der Waals surface area contributed by atoms with Gasteiger partial charge in [0, 0.05) is 28.4 Å². The molecule has 0 amide bonds. The van der Waals surface area contributed by atoms with E-state index < -0.39 is 0 Å². The summed E-state index contributed by atoms with van der Waals surface area (Å²) in [4.78, 5) is 0. The number of fused-ring (bicyclic) bond motifs is 3. The fourth-order valence-corrected chi connectivity index (χ4v) is 5.26. The monoisotopic (exact) mass is 465 g/mol. The highest BCUT2D eigenvalue weighted by molar-refractivity contribution is 6.10. The third-order valence-electron chi connectivity index (χ3n) is 7.58. The number of aromatic nitrogens is 1. The van der Waals surface area contributed by atoms with Crippen molar-refractivity contribution in [2.24, 2.45) is 0 Å². The van der Waals surface area contributed by atoms with Gasteiger partial charge in [-0.3, -0.25) is 0 Å². The maximum Gasteiger partial charge on any atom is 0.0494 e. The van der Waals surface area contributed by atoms with Gasteiger partial charge in [-0.25, -0.2) is 0 Å². The Bertz CT molecular complexity index is 1530. The fraction of sp³-hybridized carbons (Fsp3) is 0.143. The molecule has 1 atom stereocenters. The first-order chi connectivity index (χ1) is 17.7. The van der Waals surface area contributed by atoms with Gasteiger partial charge in [-0.2, -0.15) is 0 Å². The molecule has 176 valence electrons. The van der Waals surface area contributed by atoms with Crippen LogP contribution in [0.1, 0.15) is 37.3 Å². The molecule has 0 N–H and O–H groups in total. The first-order valence-electron chi connectivity index (χ1n) is 13.0. The molecule has 5 aromatic carbocycles. The summed E-state index contributed by atoms with van der Waals surface area (Å²) in [5, 5.41) is 2.61. The molecule has 1 heterocycles. The lowest BCUT2D eigenvalue weighted by molar-refractivity contribution is 0.732. The van der Waals surface area contributed by atoms with Gasteiger partial charge in [0.05, 0.1) is 0 Å². The van der Waals surface area contributed by atoms with E-state index in [4.69, 9.17) is 0 Å². The van der Waals surface area contributed by atoms with Gasteiger partial charge in [0.1, 0.15) is 0 Å². The van der Waals surface area contributed by atoms with Crippen molar-refractivity contribution in [3.8, 4) is 22.3 Å². The normalized spacial score (nSPS) is 12.3. The molecule has 6 rings (SSSR count). The maximum atomic E-state index is 2.48. The molecular formula is C35H31N. The summed E-state index contributed by atoms with van der Waals surface area (Å²) in [5.41, 5.74) is 10.3. The van der Waals surface area contributed by atoms with Crippen molar-refractivity contribution in [1.29, 1.82) is 0 Å². The largest absolute Gasteiger partial charge is 0.336 e. The van der Waals surface area contributed by atoms with E-state index >= 15 is 0 Å². The van der Waals surface area contributed by atoms with Crippen LogP contribution in [0.2, 0.25) is 0 Å². The van der Waals surface area contributed by atoms with Crippen LogP contribution in [0.4, 0.5) is 0 Å². The Morgan fingerprint density at radius 2 is 1.06 bits per heavy atom. The van der Waals surface area contributed by atoms with Gasteiger partial charge in [0.25, 0.3) is 0 Å². The highest BCUT2D eigenvalue weighted by Gasteiger charge is 2.14. The van der Waals surface area contributed by atoms with E-state index in [0.717, 1.165) is 6.54 Å². The lowest BCUT2D eigenvalue weighted by Gasteiger charge is -2.12. The van der Waals surface area contributed by atoms with Crippen LogP contribution in [0.5, 0.6) is 0 Å². The van der Waals surface area contributed by atoms with Crippen LogP contribution in [0.15, 0.2) is 121 Å². The minimum atomic E-state index is 0.597. The smallest absolute Gasteiger partial charge is 0.0494 e. The molecule has 0 radical (unpaired) electrons. The molecule has 0 aliphatic rings. The molecule has 1 heteroatoms. The van der Waals surface area contributed by atoms with E-state index in [-0.39, 0.29) is 0 Å². The minimum absolute atomic E-state index is 0.597. The van der Waals surface area contributed by atoms with E-state index in [0.29, 0.717) is 5.92 Å². The van der Waals surface area contributed by atoms with E-state index in [1.54, 1.807) is 0 Å². The van der Waals surface area contributed by atoms with Crippen LogP contribution in [0.3, 0.4) is 0 Å². The summed E-state index contributed by atoms with van der Waals surface area (Å²) in [6, 6.07) is 44.4. The first-order valence-corrected chi connectivity index (χ1v) is 13.0. The van der Waals surface area contributed by atoms with E-state index in [1.165, 1.54) is 61.6 Å². The molecule has 36 heavy (non-hydrogen) atoms. The van der Waals surface area contributed by atoms with Gasteiger partial charge in [0.2, 0.25) is 0 Å². The van der Waals surface area contributed by atoms with Crippen molar-refractivity contribution in [1.82, 2.24) is 4.57 Å². The summed E-state index contributed by atoms with van der Waals surface area (Å²) in [7, 11) is 0. The fourth-order valence-electron chi connectivity index (χ4n) is 5.26. The molecule has 0 saturated carbocycles. The Kier molecular flexibility index (Phi) is 5.91. The van der Waals surface area contributed by atoms with Gasteiger partial charge in [-0.05, 0) is 70.0 Å². The predicted octanol–water partition coefficient (Wildman–Crippen LogP) is 9.69.